The number of carbonyl (C=O) groups excluding carboxylic acids is 3. The first kappa shape index (κ1) is 69.4. The molecule has 0 aliphatic carbocycles. The largest absolute Gasteiger partial charge is 0.462 e. The molecule has 0 unspecified atom stereocenters. The number of aliphatic hydroxyl groups excluding tert-OH is 6. The van der Waals surface area contributed by atoms with E-state index in [1.807, 2.05) is 0 Å². The molecule has 0 bridgehead atoms. The molecule has 0 aliphatic rings. The number of hydrogen-bond acceptors (Lipinski definition) is 12. The molecule has 12 heteroatoms. The maximum absolute atomic E-state index is 13.2. The van der Waals surface area contributed by atoms with Crippen molar-refractivity contribution in [3.63, 3.8) is 0 Å². The summed E-state index contributed by atoms with van der Waals surface area (Å²) in [6, 6.07) is 0. The van der Waals surface area contributed by atoms with Crippen molar-refractivity contribution in [2.45, 2.75) is 314 Å². The standard InChI is InChI=1S/C60H110O12/c1-4-7-10-31-40-51(62)43-34-25-19-13-16-22-28-37-46-56(66)70-50-55(71-57(67)47-38-29-23-17-14-20-26-35-44-52(63)41-32-11-8-5-2)60(59(69)54(65)49-61)72-58(68)48-39-30-24-18-15-21-27-36-45-53(64)42-33-12-9-6-3/h25-27,34-36,51-55,59-65,69H,4-24,28-33,37-50H2,1-3H3/t51-,52-,53-,54-,55+,59-,60-/m1/s1. The number of carbonyl (C=O) groups is 3. The second-order valence-electron chi connectivity index (χ2n) is 20.5. The first-order valence-corrected chi connectivity index (χ1v) is 29.5. The summed E-state index contributed by atoms with van der Waals surface area (Å²) in [5, 5.41) is 61.8. The van der Waals surface area contributed by atoms with E-state index < -0.39 is 55.5 Å². The monoisotopic (exact) mass is 1020 g/mol. The predicted molar refractivity (Wildman–Crippen MR) is 292 cm³/mol. The van der Waals surface area contributed by atoms with E-state index in [2.05, 4.69) is 57.2 Å². The number of esters is 3. The Balaban J connectivity index is 5.15. The van der Waals surface area contributed by atoms with Crippen LogP contribution in [0.15, 0.2) is 36.5 Å². The Hall–Kier alpha value is -2.61. The molecule has 0 saturated heterocycles. The Morgan fingerprint density at radius 3 is 1.11 bits per heavy atom. The molecule has 0 radical (unpaired) electrons. The van der Waals surface area contributed by atoms with Crippen molar-refractivity contribution in [1.82, 2.24) is 0 Å². The van der Waals surface area contributed by atoms with Gasteiger partial charge in [0, 0.05) is 19.3 Å². The van der Waals surface area contributed by atoms with Crippen LogP contribution in [0.3, 0.4) is 0 Å². The molecular weight excluding hydrogens is 913 g/mol. The van der Waals surface area contributed by atoms with Gasteiger partial charge in [-0.1, -0.05) is 192 Å². The molecule has 0 aliphatic heterocycles. The number of unbranched alkanes of at least 4 members (excludes halogenated alkanes) is 24. The number of allylic oxidation sites excluding steroid dienone is 3. The average molecular weight is 1020 g/mol. The van der Waals surface area contributed by atoms with Crippen LogP contribution in [0.25, 0.3) is 0 Å². The van der Waals surface area contributed by atoms with Crippen molar-refractivity contribution in [2.24, 2.45) is 0 Å². The highest BCUT2D eigenvalue weighted by molar-refractivity contribution is 5.71. The van der Waals surface area contributed by atoms with E-state index in [4.69, 9.17) is 14.2 Å². The Labute approximate surface area is 439 Å². The topological polar surface area (TPSA) is 200 Å². The van der Waals surface area contributed by atoms with Crippen LogP contribution in [0.2, 0.25) is 0 Å². The van der Waals surface area contributed by atoms with E-state index in [1.165, 1.54) is 57.8 Å². The number of rotatable bonds is 53. The van der Waals surface area contributed by atoms with Crippen LogP contribution < -0.4 is 0 Å². The molecule has 0 fully saturated rings. The van der Waals surface area contributed by atoms with Gasteiger partial charge in [-0.05, 0) is 96.3 Å². The molecule has 0 aromatic rings. The highest BCUT2D eigenvalue weighted by Gasteiger charge is 2.39. The zero-order valence-corrected chi connectivity index (χ0v) is 46.1. The molecule has 6 N–H and O–H groups in total. The van der Waals surface area contributed by atoms with E-state index >= 15 is 0 Å². The second-order valence-corrected chi connectivity index (χ2v) is 20.5. The van der Waals surface area contributed by atoms with Gasteiger partial charge in [0.05, 0.1) is 24.9 Å². The van der Waals surface area contributed by atoms with Crippen LogP contribution in [-0.4, -0.2) is 104 Å². The highest BCUT2D eigenvalue weighted by Crippen LogP contribution is 2.20. The van der Waals surface area contributed by atoms with Crippen LogP contribution in [0.4, 0.5) is 0 Å². The van der Waals surface area contributed by atoms with Crippen molar-refractivity contribution in [3.05, 3.63) is 36.5 Å². The number of ether oxygens (including phenoxy) is 3. The molecule has 422 valence electrons. The summed E-state index contributed by atoms with van der Waals surface area (Å²) in [4.78, 5) is 39.4. The minimum atomic E-state index is -1.82. The van der Waals surface area contributed by atoms with E-state index in [9.17, 15) is 45.0 Å². The van der Waals surface area contributed by atoms with Crippen LogP contribution in [0.5, 0.6) is 0 Å². The SMILES string of the molecule is CCCCCC[C@@H](O)CC=CCCCCCCCC(=O)OC[C@H](OC(=O)CCCCCCCC=CC[C@H](O)CCCCCC)[C@@H](OC(=O)CCCCCCCC=CC[C@H](O)CCCCCC)[C@H](O)[C@H](O)CO. The smallest absolute Gasteiger partial charge is 0.306 e. The van der Waals surface area contributed by atoms with Crippen LogP contribution >= 0.6 is 0 Å². The first-order valence-electron chi connectivity index (χ1n) is 29.5. The third-order valence-electron chi connectivity index (χ3n) is 13.4. The van der Waals surface area contributed by atoms with E-state index in [-0.39, 0.29) is 37.6 Å². The highest BCUT2D eigenvalue weighted by atomic mass is 16.6. The summed E-state index contributed by atoms with van der Waals surface area (Å²) in [5.74, 6) is -1.79. The van der Waals surface area contributed by atoms with Crippen molar-refractivity contribution < 1.29 is 59.2 Å². The molecule has 0 amide bonds. The van der Waals surface area contributed by atoms with E-state index in [1.54, 1.807) is 0 Å². The molecule has 72 heavy (non-hydrogen) atoms. The molecular formula is C60H110O12. The fourth-order valence-electron chi connectivity index (χ4n) is 8.65. The third-order valence-corrected chi connectivity index (χ3v) is 13.4. The maximum atomic E-state index is 13.2. The molecule has 0 spiro atoms. The van der Waals surface area contributed by atoms with Gasteiger partial charge in [-0.3, -0.25) is 14.4 Å². The minimum absolute atomic E-state index is 0.0322. The summed E-state index contributed by atoms with van der Waals surface area (Å²) < 4.78 is 17.0. The predicted octanol–water partition coefficient (Wildman–Crippen LogP) is 13.1. The van der Waals surface area contributed by atoms with Crippen molar-refractivity contribution in [2.75, 3.05) is 13.2 Å². The van der Waals surface area contributed by atoms with Crippen LogP contribution in [-0.2, 0) is 28.6 Å². The average Bonchev–Trinajstić information content (AvgIpc) is 3.37. The Morgan fingerprint density at radius 2 is 0.736 bits per heavy atom. The molecule has 7 atom stereocenters. The normalized spacial score (nSPS) is 15.0. The van der Waals surface area contributed by atoms with Crippen molar-refractivity contribution in [3.8, 4) is 0 Å². The van der Waals surface area contributed by atoms with Crippen LogP contribution in [0.1, 0.15) is 271 Å². The van der Waals surface area contributed by atoms with Crippen molar-refractivity contribution >= 4 is 17.9 Å². The van der Waals surface area contributed by atoms with Gasteiger partial charge < -0.3 is 44.8 Å². The third kappa shape index (κ3) is 44.8. The molecule has 0 heterocycles. The van der Waals surface area contributed by atoms with Crippen LogP contribution in [0, 0.1) is 0 Å². The maximum Gasteiger partial charge on any atom is 0.306 e. The summed E-state index contributed by atoms with van der Waals surface area (Å²) in [6.07, 6.45) is 39.7. The summed E-state index contributed by atoms with van der Waals surface area (Å²) >= 11 is 0. The Kier molecular flexibility index (Phi) is 50.0. The quantitative estimate of drug-likeness (QED) is 0.0146. The lowest BCUT2D eigenvalue weighted by Gasteiger charge is -2.31. The Bertz CT molecular complexity index is 1320. The van der Waals surface area contributed by atoms with Gasteiger partial charge in [0.25, 0.3) is 0 Å². The number of aliphatic hydroxyl groups is 6. The van der Waals surface area contributed by atoms with Gasteiger partial charge in [0.2, 0.25) is 0 Å². The minimum Gasteiger partial charge on any atom is -0.462 e. The van der Waals surface area contributed by atoms with Gasteiger partial charge in [0.1, 0.15) is 18.8 Å². The van der Waals surface area contributed by atoms with Gasteiger partial charge in [0.15, 0.2) is 12.2 Å². The molecule has 0 aromatic heterocycles. The first-order chi connectivity index (χ1) is 35.0. The molecule has 0 rings (SSSR count). The molecule has 0 saturated carbocycles. The summed E-state index contributed by atoms with van der Waals surface area (Å²) in [6.45, 7) is 5.22. The fraction of sp³-hybridized carbons (Fsp3) is 0.850. The van der Waals surface area contributed by atoms with E-state index in [0.717, 1.165) is 135 Å². The zero-order valence-electron chi connectivity index (χ0n) is 46.1. The fourth-order valence-corrected chi connectivity index (χ4v) is 8.65. The molecule has 0 aromatic carbocycles. The van der Waals surface area contributed by atoms with Gasteiger partial charge >= 0.3 is 17.9 Å². The lowest BCUT2D eigenvalue weighted by molar-refractivity contribution is -0.193. The van der Waals surface area contributed by atoms with E-state index in [0.29, 0.717) is 38.5 Å². The van der Waals surface area contributed by atoms with Gasteiger partial charge in [-0.2, -0.15) is 0 Å². The zero-order chi connectivity index (χ0) is 53.1. The lowest BCUT2D eigenvalue weighted by atomic mass is 10.0. The van der Waals surface area contributed by atoms with Gasteiger partial charge in [-0.15, -0.1) is 0 Å². The lowest BCUT2D eigenvalue weighted by Crippen LogP contribution is -2.51. The summed E-state index contributed by atoms with van der Waals surface area (Å²) in [7, 11) is 0. The van der Waals surface area contributed by atoms with Crippen molar-refractivity contribution in [1.29, 1.82) is 0 Å². The molecule has 12 nitrogen and oxygen atoms in total. The summed E-state index contributed by atoms with van der Waals surface area (Å²) in [5.41, 5.74) is 0. The Morgan fingerprint density at radius 1 is 0.403 bits per heavy atom. The number of hydrogen-bond donors (Lipinski definition) is 6. The van der Waals surface area contributed by atoms with Gasteiger partial charge in [-0.25, -0.2) is 0 Å². The second kappa shape index (κ2) is 51.9.